The fraction of sp³-hybridized carbons (Fsp3) is 0.391. The monoisotopic (exact) mass is 445 g/mol. The van der Waals surface area contributed by atoms with Gasteiger partial charge in [0.1, 0.15) is 6.04 Å². The Morgan fingerprint density at radius 1 is 1.03 bits per heavy atom. The van der Waals surface area contributed by atoms with Crippen LogP contribution in [-0.4, -0.2) is 38.6 Å². The van der Waals surface area contributed by atoms with Crippen LogP contribution in [-0.2, 0) is 14.8 Å². The molecule has 0 saturated carbocycles. The van der Waals surface area contributed by atoms with Crippen LogP contribution in [0.1, 0.15) is 48.7 Å². The highest BCUT2D eigenvalue weighted by atomic mass is 32.2. The summed E-state index contributed by atoms with van der Waals surface area (Å²) in [4.78, 5) is 25.7. The van der Waals surface area contributed by atoms with Gasteiger partial charge in [0.2, 0.25) is 15.9 Å². The standard InChI is InChI=1S/C23H31N3O4S/c1-7-21(26(31(6,29)30)18-13-12-16(4)17(5)14-18)23(28)25-20-11-9-8-10-19(20)22(27)24-15(2)3/h8-15,21H,7H2,1-6H3,(H,24,27)(H,25,28). The van der Waals surface area contributed by atoms with Gasteiger partial charge in [-0.3, -0.25) is 13.9 Å². The molecule has 2 amide bonds. The normalized spacial score (nSPS) is 12.4. The number of hydrogen-bond donors (Lipinski definition) is 2. The van der Waals surface area contributed by atoms with Crippen molar-refractivity contribution in [3.05, 3.63) is 59.2 Å². The second-order valence-corrected chi connectivity index (χ2v) is 9.77. The van der Waals surface area contributed by atoms with Crippen molar-refractivity contribution in [3.63, 3.8) is 0 Å². The Labute approximate surface area is 184 Å². The average molecular weight is 446 g/mol. The van der Waals surface area contributed by atoms with E-state index < -0.39 is 22.0 Å². The van der Waals surface area contributed by atoms with Gasteiger partial charge in [-0.05, 0) is 69.5 Å². The minimum absolute atomic E-state index is 0.0647. The van der Waals surface area contributed by atoms with Crippen LogP contribution in [0.3, 0.4) is 0 Å². The zero-order valence-electron chi connectivity index (χ0n) is 18.9. The van der Waals surface area contributed by atoms with Crippen molar-refractivity contribution in [3.8, 4) is 0 Å². The molecule has 0 aliphatic carbocycles. The summed E-state index contributed by atoms with van der Waals surface area (Å²) in [6.07, 6.45) is 1.34. The first-order chi connectivity index (χ1) is 14.5. The first-order valence-corrected chi connectivity index (χ1v) is 12.1. The third-order valence-electron chi connectivity index (χ3n) is 4.92. The van der Waals surface area contributed by atoms with Crippen molar-refractivity contribution in [1.29, 1.82) is 0 Å². The smallest absolute Gasteiger partial charge is 0.253 e. The van der Waals surface area contributed by atoms with E-state index >= 15 is 0 Å². The maximum absolute atomic E-state index is 13.2. The molecule has 0 spiro atoms. The SMILES string of the molecule is CCC(C(=O)Nc1ccccc1C(=O)NC(C)C)N(c1ccc(C)c(C)c1)S(C)(=O)=O. The van der Waals surface area contributed by atoms with Crippen LogP contribution >= 0.6 is 0 Å². The molecule has 2 aromatic rings. The van der Waals surface area contributed by atoms with Gasteiger partial charge in [-0.1, -0.05) is 25.1 Å². The van der Waals surface area contributed by atoms with Crippen LogP contribution in [0.2, 0.25) is 0 Å². The molecule has 1 unspecified atom stereocenters. The molecule has 7 nitrogen and oxygen atoms in total. The molecular formula is C23H31N3O4S. The molecule has 0 radical (unpaired) electrons. The van der Waals surface area contributed by atoms with Gasteiger partial charge in [0.15, 0.2) is 0 Å². The fourth-order valence-electron chi connectivity index (χ4n) is 3.27. The zero-order valence-corrected chi connectivity index (χ0v) is 19.7. The number of aryl methyl sites for hydroxylation is 2. The lowest BCUT2D eigenvalue weighted by atomic mass is 10.1. The Hall–Kier alpha value is -2.87. The highest BCUT2D eigenvalue weighted by molar-refractivity contribution is 7.92. The van der Waals surface area contributed by atoms with Crippen molar-refractivity contribution in [1.82, 2.24) is 5.32 Å². The molecule has 0 aliphatic heterocycles. The third kappa shape index (κ3) is 6.07. The van der Waals surface area contributed by atoms with E-state index in [9.17, 15) is 18.0 Å². The molecule has 2 N–H and O–H groups in total. The molecule has 8 heteroatoms. The van der Waals surface area contributed by atoms with Crippen molar-refractivity contribution < 1.29 is 18.0 Å². The number of anilines is 2. The molecule has 0 heterocycles. The number of rotatable bonds is 8. The van der Waals surface area contributed by atoms with Gasteiger partial charge in [0.25, 0.3) is 5.91 Å². The van der Waals surface area contributed by atoms with Crippen molar-refractivity contribution in [2.75, 3.05) is 15.9 Å². The van der Waals surface area contributed by atoms with Crippen LogP contribution in [0.5, 0.6) is 0 Å². The molecule has 168 valence electrons. The lowest BCUT2D eigenvalue weighted by Crippen LogP contribution is -2.47. The van der Waals surface area contributed by atoms with Gasteiger partial charge in [-0.25, -0.2) is 8.42 Å². The number of para-hydroxylation sites is 1. The largest absolute Gasteiger partial charge is 0.350 e. The quantitative estimate of drug-likeness (QED) is 0.649. The van der Waals surface area contributed by atoms with Gasteiger partial charge in [-0.2, -0.15) is 0 Å². The molecule has 31 heavy (non-hydrogen) atoms. The van der Waals surface area contributed by atoms with E-state index in [2.05, 4.69) is 10.6 Å². The van der Waals surface area contributed by atoms with Crippen molar-refractivity contribution in [2.24, 2.45) is 0 Å². The Bertz CT molecular complexity index is 1060. The molecule has 0 saturated heterocycles. The number of amides is 2. The van der Waals surface area contributed by atoms with E-state index in [1.165, 1.54) is 0 Å². The minimum atomic E-state index is -3.75. The van der Waals surface area contributed by atoms with Gasteiger partial charge in [0.05, 0.1) is 23.2 Å². The summed E-state index contributed by atoms with van der Waals surface area (Å²) in [5.41, 5.74) is 3.03. The predicted octanol–water partition coefficient (Wildman–Crippen LogP) is 3.62. The first kappa shape index (κ1) is 24.4. The average Bonchev–Trinajstić information content (AvgIpc) is 2.67. The molecule has 0 bridgehead atoms. The van der Waals surface area contributed by atoms with Crippen LogP contribution in [0, 0.1) is 13.8 Å². The molecule has 0 fully saturated rings. The lowest BCUT2D eigenvalue weighted by molar-refractivity contribution is -0.117. The number of nitrogens with one attached hydrogen (secondary N) is 2. The minimum Gasteiger partial charge on any atom is -0.350 e. The highest BCUT2D eigenvalue weighted by Crippen LogP contribution is 2.26. The summed E-state index contributed by atoms with van der Waals surface area (Å²) < 4.78 is 26.5. The van der Waals surface area contributed by atoms with Gasteiger partial charge >= 0.3 is 0 Å². The predicted molar refractivity (Wildman–Crippen MR) is 125 cm³/mol. The van der Waals surface area contributed by atoms with Crippen molar-refractivity contribution >= 4 is 33.2 Å². The summed E-state index contributed by atoms with van der Waals surface area (Å²) >= 11 is 0. The Kier molecular flexibility index (Phi) is 7.84. The Morgan fingerprint density at radius 3 is 2.23 bits per heavy atom. The third-order valence-corrected chi connectivity index (χ3v) is 6.10. The molecule has 2 rings (SSSR count). The van der Waals surface area contributed by atoms with Gasteiger partial charge < -0.3 is 10.6 Å². The van der Waals surface area contributed by atoms with Crippen LogP contribution in [0.15, 0.2) is 42.5 Å². The summed E-state index contributed by atoms with van der Waals surface area (Å²) in [7, 11) is -3.75. The Morgan fingerprint density at radius 2 is 1.68 bits per heavy atom. The molecular weight excluding hydrogens is 414 g/mol. The maximum atomic E-state index is 13.2. The fourth-order valence-corrected chi connectivity index (χ4v) is 4.47. The van der Waals surface area contributed by atoms with Crippen LogP contribution in [0.4, 0.5) is 11.4 Å². The summed E-state index contributed by atoms with van der Waals surface area (Å²) in [5.74, 6) is -0.816. The topological polar surface area (TPSA) is 95.6 Å². The lowest BCUT2D eigenvalue weighted by Gasteiger charge is -2.30. The van der Waals surface area contributed by atoms with Crippen molar-refractivity contribution in [2.45, 2.75) is 53.1 Å². The van der Waals surface area contributed by atoms with Gasteiger partial charge in [-0.15, -0.1) is 0 Å². The molecule has 1 atom stereocenters. The molecule has 0 aliphatic rings. The first-order valence-electron chi connectivity index (χ1n) is 10.2. The molecule has 0 aromatic heterocycles. The number of carbonyl (C=O) groups excluding carboxylic acids is 2. The van der Waals surface area contributed by atoms with Crippen LogP contribution in [0.25, 0.3) is 0 Å². The van der Waals surface area contributed by atoms with Crippen LogP contribution < -0.4 is 14.9 Å². The van der Waals surface area contributed by atoms with E-state index in [1.54, 1.807) is 43.3 Å². The summed E-state index contributed by atoms with van der Waals surface area (Å²) in [6, 6.07) is 10.9. The highest BCUT2D eigenvalue weighted by Gasteiger charge is 2.32. The number of hydrogen-bond acceptors (Lipinski definition) is 4. The van der Waals surface area contributed by atoms with E-state index in [-0.39, 0.29) is 18.4 Å². The van der Waals surface area contributed by atoms with E-state index in [4.69, 9.17) is 0 Å². The summed E-state index contributed by atoms with van der Waals surface area (Å²) in [5, 5.41) is 5.56. The van der Waals surface area contributed by atoms with Gasteiger partial charge in [0, 0.05) is 6.04 Å². The number of sulfonamides is 1. The Balaban J connectivity index is 2.42. The zero-order chi connectivity index (χ0) is 23.3. The maximum Gasteiger partial charge on any atom is 0.253 e. The number of benzene rings is 2. The van der Waals surface area contributed by atoms with E-state index in [1.807, 2.05) is 33.8 Å². The summed E-state index contributed by atoms with van der Waals surface area (Å²) in [6.45, 7) is 9.28. The van der Waals surface area contributed by atoms with E-state index in [0.717, 1.165) is 21.7 Å². The second-order valence-electron chi connectivity index (χ2n) is 7.91. The second kappa shape index (κ2) is 9.96. The van der Waals surface area contributed by atoms with E-state index in [0.29, 0.717) is 16.9 Å². The number of nitrogens with zero attached hydrogens (tertiary/aromatic N) is 1. The molecule has 2 aromatic carbocycles. The number of carbonyl (C=O) groups is 2.